The molecule has 2 N–H and O–H groups in total. The van der Waals surface area contributed by atoms with Crippen molar-refractivity contribution in [3.63, 3.8) is 0 Å². The predicted molar refractivity (Wildman–Crippen MR) is 99.7 cm³/mol. The van der Waals surface area contributed by atoms with E-state index in [0.717, 1.165) is 29.4 Å². The summed E-state index contributed by atoms with van der Waals surface area (Å²) in [5, 5.41) is 9.69. The Morgan fingerprint density at radius 3 is 2.78 bits per heavy atom. The normalized spacial score (nSPS) is 10.3. The Bertz CT molecular complexity index is 757. The quantitative estimate of drug-likeness (QED) is 0.693. The van der Waals surface area contributed by atoms with Crippen LogP contribution in [0.2, 0.25) is 0 Å². The van der Waals surface area contributed by atoms with Gasteiger partial charge in [-0.2, -0.15) is 0 Å². The van der Waals surface area contributed by atoms with Gasteiger partial charge in [-0.05, 0) is 36.3 Å². The van der Waals surface area contributed by atoms with Crippen LogP contribution in [0.4, 0.5) is 5.13 Å². The van der Waals surface area contributed by atoms with Gasteiger partial charge in [0.15, 0.2) is 10.2 Å². The molecule has 23 heavy (non-hydrogen) atoms. The van der Waals surface area contributed by atoms with Crippen LogP contribution in [-0.4, -0.2) is 21.6 Å². The molecule has 1 aromatic carbocycles. The third-order valence-corrected chi connectivity index (χ3v) is 4.23. The third kappa shape index (κ3) is 4.58. The molecule has 116 valence electrons. The van der Waals surface area contributed by atoms with E-state index in [-0.39, 0.29) is 0 Å². The standard InChI is InChI=1S/C17H16N4S2/c22-16(19-10-8-13-5-2-1-3-6-13)21-17-20-15(12-23-17)14-7-4-9-18-11-14/h1-7,9,11-12H,8,10H2,(H2,19,20,21,22). The number of hydrogen-bond acceptors (Lipinski definition) is 4. The van der Waals surface area contributed by atoms with Crippen LogP contribution >= 0.6 is 23.6 Å². The van der Waals surface area contributed by atoms with Crippen LogP contribution < -0.4 is 10.6 Å². The van der Waals surface area contributed by atoms with Gasteiger partial charge >= 0.3 is 0 Å². The van der Waals surface area contributed by atoms with Gasteiger partial charge in [0.05, 0.1) is 5.69 Å². The highest BCUT2D eigenvalue weighted by Gasteiger charge is 2.05. The van der Waals surface area contributed by atoms with Crippen molar-refractivity contribution >= 4 is 33.8 Å². The molecular formula is C17H16N4S2. The average Bonchev–Trinajstić information content (AvgIpc) is 3.05. The first-order valence-electron chi connectivity index (χ1n) is 7.26. The molecule has 0 aliphatic carbocycles. The molecular weight excluding hydrogens is 324 g/mol. The third-order valence-electron chi connectivity index (χ3n) is 3.22. The highest BCUT2D eigenvalue weighted by molar-refractivity contribution is 7.80. The van der Waals surface area contributed by atoms with E-state index < -0.39 is 0 Å². The lowest BCUT2D eigenvalue weighted by Crippen LogP contribution is -2.30. The Hall–Kier alpha value is -2.31. The second-order valence-electron chi connectivity index (χ2n) is 4.90. The van der Waals surface area contributed by atoms with Crippen molar-refractivity contribution in [3.8, 4) is 11.3 Å². The maximum atomic E-state index is 5.31. The maximum Gasteiger partial charge on any atom is 0.189 e. The van der Waals surface area contributed by atoms with E-state index in [1.165, 1.54) is 16.9 Å². The molecule has 0 amide bonds. The van der Waals surface area contributed by atoms with E-state index in [2.05, 4.69) is 32.7 Å². The lowest BCUT2D eigenvalue weighted by molar-refractivity contribution is 0.873. The lowest BCUT2D eigenvalue weighted by Gasteiger charge is -2.08. The molecule has 0 atom stereocenters. The fourth-order valence-corrected chi connectivity index (χ4v) is 3.07. The summed E-state index contributed by atoms with van der Waals surface area (Å²) >= 11 is 6.83. The number of anilines is 1. The molecule has 0 aliphatic rings. The summed E-state index contributed by atoms with van der Waals surface area (Å²) in [6.45, 7) is 0.788. The fraction of sp³-hybridized carbons (Fsp3) is 0.118. The molecule has 3 aromatic rings. The smallest absolute Gasteiger partial charge is 0.189 e. The zero-order valence-electron chi connectivity index (χ0n) is 12.4. The van der Waals surface area contributed by atoms with Gasteiger partial charge in [0.1, 0.15) is 0 Å². The molecule has 0 bridgehead atoms. The molecule has 2 aromatic heterocycles. The number of rotatable bonds is 5. The number of aromatic nitrogens is 2. The molecule has 0 radical (unpaired) electrons. The molecule has 6 heteroatoms. The fourth-order valence-electron chi connectivity index (χ4n) is 2.08. The van der Waals surface area contributed by atoms with Crippen molar-refractivity contribution in [3.05, 3.63) is 65.8 Å². The van der Waals surface area contributed by atoms with Crippen LogP contribution in [0.1, 0.15) is 5.56 Å². The zero-order valence-corrected chi connectivity index (χ0v) is 14.0. The van der Waals surface area contributed by atoms with Gasteiger partial charge in [0.25, 0.3) is 0 Å². The van der Waals surface area contributed by atoms with Crippen molar-refractivity contribution in [2.75, 3.05) is 11.9 Å². The van der Waals surface area contributed by atoms with Crippen molar-refractivity contribution in [1.82, 2.24) is 15.3 Å². The Balaban J connectivity index is 1.49. The van der Waals surface area contributed by atoms with Gasteiger partial charge in [0, 0.05) is 29.9 Å². The monoisotopic (exact) mass is 340 g/mol. The first kappa shape index (κ1) is 15.6. The first-order valence-corrected chi connectivity index (χ1v) is 8.55. The summed E-state index contributed by atoms with van der Waals surface area (Å²) in [7, 11) is 0. The topological polar surface area (TPSA) is 49.8 Å². The summed E-state index contributed by atoms with van der Waals surface area (Å²) in [5.74, 6) is 0. The van der Waals surface area contributed by atoms with Crippen LogP contribution in [0, 0.1) is 0 Å². The minimum absolute atomic E-state index is 0.591. The molecule has 0 fully saturated rings. The summed E-state index contributed by atoms with van der Waals surface area (Å²) in [6, 6.07) is 14.2. The maximum absolute atomic E-state index is 5.31. The second-order valence-corrected chi connectivity index (χ2v) is 6.16. The number of benzene rings is 1. The minimum atomic E-state index is 0.591. The summed E-state index contributed by atoms with van der Waals surface area (Å²) in [5.41, 5.74) is 3.19. The van der Waals surface area contributed by atoms with Crippen molar-refractivity contribution < 1.29 is 0 Å². The molecule has 0 unspecified atom stereocenters. The molecule has 0 saturated carbocycles. The van der Waals surface area contributed by atoms with E-state index in [4.69, 9.17) is 12.2 Å². The Labute approximate surface area is 144 Å². The highest BCUT2D eigenvalue weighted by atomic mass is 32.1. The van der Waals surface area contributed by atoms with Crippen molar-refractivity contribution in [2.24, 2.45) is 0 Å². The SMILES string of the molecule is S=C(NCCc1ccccc1)Nc1nc(-c2cccnc2)cs1. The number of thiocarbonyl (C=S) groups is 1. The van der Waals surface area contributed by atoms with Crippen LogP contribution in [-0.2, 0) is 6.42 Å². The lowest BCUT2D eigenvalue weighted by atomic mass is 10.1. The largest absolute Gasteiger partial charge is 0.362 e. The summed E-state index contributed by atoms with van der Waals surface area (Å²) in [6.07, 6.45) is 4.48. The second kappa shape index (κ2) is 7.80. The van der Waals surface area contributed by atoms with E-state index in [9.17, 15) is 0 Å². The molecule has 0 spiro atoms. The van der Waals surface area contributed by atoms with Gasteiger partial charge in [0.2, 0.25) is 0 Å². The van der Waals surface area contributed by atoms with Gasteiger partial charge < -0.3 is 10.6 Å². The summed E-state index contributed by atoms with van der Waals surface area (Å²) in [4.78, 5) is 8.63. The molecule has 2 heterocycles. The number of thiazole rings is 1. The van der Waals surface area contributed by atoms with Crippen LogP contribution in [0.5, 0.6) is 0 Å². The molecule has 0 saturated heterocycles. The van der Waals surface area contributed by atoms with Crippen LogP contribution in [0.3, 0.4) is 0 Å². The number of nitrogens with zero attached hydrogens (tertiary/aromatic N) is 2. The molecule has 3 rings (SSSR count). The highest BCUT2D eigenvalue weighted by Crippen LogP contribution is 2.23. The number of nitrogens with one attached hydrogen (secondary N) is 2. The predicted octanol–water partition coefficient (Wildman–Crippen LogP) is 3.73. The molecule has 4 nitrogen and oxygen atoms in total. The number of hydrogen-bond donors (Lipinski definition) is 2. The zero-order chi connectivity index (χ0) is 15.9. The van der Waals surface area contributed by atoms with Crippen LogP contribution in [0.15, 0.2) is 60.2 Å². The van der Waals surface area contributed by atoms with E-state index in [1.807, 2.05) is 35.7 Å². The van der Waals surface area contributed by atoms with Gasteiger partial charge in [-0.3, -0.25) is 4.98 Å². The average molecular weight is 340 g/mol. The van der Waals surface area contributed by atoms with Crippen molar-refractivity contribution in [2.45, 2.75) is 6.42 Å². The Kier molecular flexibility index (Phi) is 5.29. The van der Waals surface area contributed by atoms with Crippen molar-refractivity contribution in [1.29, 1.82) is 0 Å². The van der Waals surface area contributed by atoms with E-state index in [0.29, 0.717) is 5.11 Å². The van der Waals surface area contributed by atoms with Gasteiger partial charge in [-0.15, -0.1) is 11.3 Å². The van der Waals surface area contributed by atoms with E-state index in [1.54, 1.807) is 12.4 Å². The molecule has 0 aliphatic heterocycles. The van der Waals surface area contributed by atoms with E-state index >= 15 is 0 Å². The Morgan fingerprint density at radius 1 is 1.13 bits per heavy atom. The minimum Gasteiger partial charge on any atom is -0.362 e. The summed E-state index contributed by atoms with van der Waals surface area (Å²) < 4.78 is 0. The van der Waals surface area contributed by atoms with Gasteiger partial charge in [-0.1, -0.05) is 30.3 Å². The van der Waals surface area contributed by atoms with Crippen LogP contribution in [0.25, 0.3) is 11.3 Å². The van der Waals surface area contributed by atoms with Gasteiger partial charge in [-0.25, -0.2) is 4.98 Å². The first-order chi connectivity index (χ1) is 11.3. The number of pyridine rings is 1. The Morgan fingerprint density at radius 2 is 2.00 bits per heavy atom.